The van der Waals surface area contributed by atoms with E-state index in [4.69, 9.17) is 15.2 Å². The summed E-state index contributed by atoms with van der Waals surface area (Å²) in [5.74, 6) is 0.275. The van der Waals surface area contributed by atoms with E-state index in [-0.39, 0.29) is 31.0 Å². The normalized spacial score (nSPS) is 20.9. The highest BCUT2D eigenvalue weighted by Gasteiger charge is 2.42. The first-order valence-electron chi connectivity index (χ1n) is 14.6. The molecule has 7 nitrogen and oxygen atoms in total. The Labute approximate surface area is 242 Å². The number of likely N-dealkylation sites (tertiary alicyclic amines) is 1. The number of Topliss-reactive ketones (excluding diaryl/α,β-unsaturated/α-hetero) is 1. The summed E-state index contributed by atoms with van der Waals surface area (Å²) in [6, 6.07) is 26.2. The maximum atomic E-state index is 13.6. The van der Waals surface area contributed by atoms with E-state index >= 15 is 0 Å². The number of hydrogen-bond donors (Lipinski definition) is 2. The lowest BCUT2D eigenvalue weighted by Gasteiger charge is -2.33. The van der Waals surface area contributed by atoms with E-state index in [9.17, 15) is 14.7 Å². The smallest absolute Gasteiger partial charge is 0.347 e. The third-order valence-corrected chi connectivity index (χ3v) is 8.33. The first kappa shape index (κ1) is 29.0. The van der Waals surface area contributed by atoms with Gasteiger partial charge in [0.1, 0.15) is 12.4 Å². The minimum atomic E-state index is -2.01. The van der Waals surface area contributed by atoms with Crippen molar-refractivity contribution >= 4 is 11.8 Å². The Morgan fingerprint density at radius 3 is 2.22 bits per heavy atom. The van der Waals surface area contributed by atoms with Gasteiger partial charge in [-0.2, -0.15) is 0 Å². The predicted molar refractivity (Wildman–Crippen MR) is 157 cm³/mol. The van der Waals surface area contributed by atoms with Gasteiger partial charge < -0.3 is 20.3 Å². The Balaban J connectivity index is 1.20. The number of aliphatic hydroxyl groups is 1. The third kappa shape index (κ3) is 7.41. The molecule has 0 spiro atoms. The summed E-state index contributed by atoms with van der Waals surface area (Å²) in [4.78, 5) is 28.4. The second kappa shape index (κ2) is 13.4. The average molecular weight is 557 g/mol. The average Bonchev–Trinajstić information content (AvgIpc) is 2.99. The van der Waals surface area contributed by atoms with E-state index in [2.05, 4.69) is 29.2 Å². The lowest BCUT2D eigenvalue weighted by atomic mass is 9.78. The Morgan fingerprint density at radius 1 is 0.878 bits per heavy atom. The molecule has 3 N–H and O–H groups in total. The molecule has 2 fully saturated rings. The number of benzene rings is 3. The molecule has 1 atom stereocenters. The molecule has 41 heavy (non-hydrogen) atoms. The van der Waals surface area contributed by atoms with E-state index in [1.54, 1.807) is 48.5 Å². The summed E-state index contributed by atoms with van der Waals surface area (Å²) in [5.41, 5.74) is 5.86. The van der Waals surface area contributed by atoms with Gasteiger partial charge in [-0.15, -0.1) is 0 Å². The van der Waals surface area contributed by atoms with E-state index in [1.807, 2.05) is 12.1 Å². The molecule has 1 saturated heterocycles. The Morgan fingerprint density at radius 2 is 1.54 bits per heavy atom. The van der Waals surface area contributed by atoms with Gasteiger partial charge >= 0.3 is 5.97 Å². The van der Waals surface area contributed by atoms with Gasteiger partial charge in [0.25, 0.3) is 0 Å². The zero-order chi connectivity index (χ0) is 28.7. The Hall–Kier alpha value is -3.52. The van der Waals surface area contributed by atoms with Crippen LogP contribution < -0.4 is 10.5 Å². The first-order chi connectivity index (χ1) is 19.9. The van der Waals surface area contributed by atoms with Gasteiger partial charge in [0, 0.05) is 24.6 Å². The molecule has 5 rings (SSSR count). The summed E-state index contributed by atoms with van der Waals surface area (Å²) < 4.78 is 11.6. The SMILES string of the molecule is NC1CC(CC(=O)COc2cccc([C@](O)(C(=O)OCC3CCN(Cc4ccccc4)CC3)c3ccccc3)c2)C1. The van der Waals surface area contributed by atoms with E-state index in [0.29, 0.717) is 29.2 Å². The highest BCUT2D eigenvalue weighted by molar-refractivity contribution is 5.85. The number of piperidine rings is 1. The van der Waals surface area contributed by atoms with Crippen LogP contribution in [0.25, 0.3) is 0 Å². The number of rotatable bonds is 12. The zero-order valence-corrected chi connectivity index (χ0v) is 23.5. The quantitative estimate of drug-likeness (QED) is 0.318. The van der Waals surface area contributed by atoms with Crippen LogP contribution in [-0.4, -0.2) is 54.1 Å². The van der Waals surface area contributed by atoms with Gasteiger partial charge in [0.05, 0.1) is 6.61 Å². The zero-order valence-electron chi connectivity index (χ0n) is 23.5. The van der Waals surface area contributed by atoms with Crippen molar-refractivity contribution in [2.75, 3.05) is 26.3 Å². The van der Waals surface area contributed by atoms with Gasteiger partial charge in [-0.25, -0.2) is 4.79 Å². The maximum absolute atomic E-state index is 13.6. The molecule has 1 aliphatic heterocycles. The molecule has 1 saturated carbocycles. The molecule has 0 aromatic heterocycles. The van der Waals surface area contributed by atoms with Crippen LogP contribution in [0, 0.1) is 11.8 Å². The number of carbonyl (C=O) groups excluding carboxylic acids is 2. The second-order valence-electron chi connectivity index (χ2n) is 11.5. The predicted octanol–water partition coefficient (Wildman–Crippen LogP) is 4.45. The molecule has 0 bridgehead atoms. The van der Waals surface area contributed by atoms with Crippen molar-refractivity contribution in [2.24, 2.45) is 17.6 Å². The fourth-order valence-corrected chi connectivity index (χ4v) is 5.84. The van der Waals surface area contributed by atoms with Crippen molar-refractivity contribution in [2.45, 2.75) is 50.3 Å². The van der Waals surface area contributed by atoms with Gasteiger partial charge in [-0.1, -0.05) is 72.8 Å². The molecular formula is C34H40N2O5. The molecule has 1 aliphatic carbocycles. The molecule has 0 radical (unpaired) electrons. The van der Waals surface area contributed by atoms with E-state index in [1.165, 1.54) is 5.56 Å². The number of carbonyl (C=O) groups is 2. The molecule has 216 valence electrons. The van der Waals surface area contributed by atoms with Crippen LogP contribution >= 0.6 is 0 Å². The van der Waals surface area contributed by atoms with Crippen LogP contribution in [-0.2, 0) is 26.5 Å². The molecule has 3 aromatic carbocycles. The summed E-state index contributed by atoms with van der Waals surface area (Å²) in [6.45, 7) is 2.98. The number of nitrogens with zero attached hydrogens (tertiary/aromatic N) is 1. The largest absolute Gasteiger partial charge is 0.486 e. The molecule has 2 aliphatic rings. The number of ketones is 1. The van der Waals surface area contributed by atoms with Crippen molar-refractivity contribution in [3.63, 3.8) is 0 Å². The topological polar surface area (TPSA) is 102 Å². The Kier molecular flexibility index (Phi) is 9.49. The van der Waals surface area contributed by atoms with Crippen molar-refractivity contribution in [3.8, 4) is 5.75 Å². The van der Waals surface area contributed by atoms with Crippen molar-refractivity contribution in [1.82, 2.24) is 4.90 Å². The highest BCUT2D eigenvalue weighted by Crippen LogP contribution is 2.34. The molecule has 0 unspecified atom stereocenters. The van der Waals surface area contributed by atoms with Crippen LogP contribution in [0.3, 0.4) is 0 Å². The second-order valence-corrected chi connectivity index (χ2v) is 11.5. The van der Waals surface area contributed by atoms with Gasteiger partial charge in [-0.3, -0.25) is 9.69 Å². The number of ether oxygens (including phenoxy) is 2. The maximum Gasteiger partial charge on any atom is 0.347 e. The summed E-state index contributed by atoms with van der Waals surface area (Å²) >= 11 is 0. The van der Waals surface area contributed by atoms with Crippen LogP contribution in [0.2, 0.25) is 0 Å². The highest BCUT2D eigenvalue weighted by atomic mass is 16.5. The molecular weight excluding hydrogens is 516 g/mol. The number of hydrogen-bond acceptors (Lipinski definition) is 7. The van der Waals surface area contributed by atoms with E-state index < -0.39 is 11.6 Å². The van der Waals surface area contributed by atoms with Crippen molar-refractivity contribution in [1.29, 1.82) is 0 Å². The summed E-state index contributed by atoms with van der Waals surface area (Å²) in [6.07, 6.45) is 4.06. The standard InChI is InChI=1S/C34H40N2O5/c35-30-18-27(19-30)20-31(37)24-40-32-13-7-12-29(21-32)34(39,28-10-5-2-6-11-28)33(38)41-23-26-14-16-36(17-15-26)22-25-8-3-1-4-9-25/h1-13,21,26-27,30,39H,14-20,22-24,35H2/t27?,30?,34-/m0/s1. The van der Waals surface area contributed by atoms with Gasteiger partial charge in [0.2, 0.25) is 5.60 Å². The fraction of sp³-hybridized carbons (Fsp3) is 0.412. The molecule has 1 heterocycles. The minimum absolute atomic E-state index is 0.0137. The van der Waals surface area contributed by atoms with Crippen LogP contribution in [0.5, 0.6) is 5.75 Å². The van der Waals surface area contributed by atoms with Crippen LogP contribution in [0.15, 0.2) is 84.9 Å². The third-order valence-electron chi connectivity index (χ3n) is 8.33. The first-order valence-corrected chi connectivity index (χ1v) is 14.6. The van der Waals surface area contributed by atoms with Gasteiger partial charge in [0.15, 0.2) is 5.78 Å². The van der Waals surface area contributed by atoms with E-state index in [0.717, 1.165) is 45.3 Å². The summed E-state index contributed by atoms with van der Waals surface area (Å²) in [5, 5.41) is 11.9. The summed E-state index contributed by atoms with van der Waals surface area (Å²) in [7, 11) is 0. The monoisotopic (exact) mass is 556 g/mol. The number of esters is 1. The molecule has 3 aromatic rings. The number of nitrogens with two attached hydrogens (primary N) is 1. The lowest BCUT2D eigenvalue weighted by molar-refractivity contribution is -0.164. The molecule has 7 heteroatoms. The van der Waals surface area contributed by atoms with Crippen molar-refractivity contribution < 1.29 is 24.2 Å². The fourth-order valence-electron chi connectivity index (χ4n) is 5.84. The lowest BCUT2D eigenvalue weighted by Crippen LogP contribution is -2.40. The van der Waals surface area contributed by atoms with Gasteiger partial charge in [-0.05, 0) is 73.9 Å². The van der Waals surface area contributed by atoms with Crippen LogP contribution in [0.4, 0.5) is 0 Å². The minimum Gasteiger partial charge on any atom is -0.486 e. The Bertz CT molecular complexity index is 1290. The van der Waals surface area contributed by atoms with Crippen LogP contribution in [0.1, 0.15) is 48.8 Å². The molecule has 0 amide bonds. The van der Waals surface area contributed by atoms with Crippen molar-refractivity contribution in [3.05, 3.63) is 102 Å².